The van der Waals surface area contributed by atoms with Crippen molar-refractivity contribution < 1.29 is 49.3 Å². The zero-order valence-corrected chi connectivity index (χ0v) is 11.8. The molecular weight excluding hydrogens is 300 g/mol. The third kappa shape index (κ3) is 38.3. The van der Waals surface area contributed by atoms with Crippen LogP contribution in [-0.4, -0.2) is 30.5 Å². The molecule has 0 fully saturated rings. The van der Waals surface area contributed by atoms with Crippen molar-refractivity contribution in [1.29, 1.82) is 0 Å². The van der Waals surface area contributed by atoms with Gasteiger partial charge in [-0.3, -0.25) is 9.59 Å². The molecule has 0 heterocycles. The summed E-state index contributed by atoms with van der Waals surface area (Å²) in [4.78, 5) is 20.3. The van der Waals surface area contributed by atoms with E-state index in [1.807, 2.05) is 0 Å². The van der Waals surface area contributed by atoms with Gasteiger partial charge in [0.25, 0.3) is 0 Å². The first-order chi connectivity index (χ1) is 8.63. The van der Waals surface area contributed by atoms with E-state index in [4.69, 9.17) is 26.1 Å². The summed E-state index contributed by atoms with van der Waals surface area (Å²) in [5.41, 5.74) is 0. The first kappa shape index (κ1) is 20.3. The second-order valence-electron chi connectivity index (χ2n) is 3.86. The number of hydrogen-bond donors (Lipinski definition) is 4. The van der Waals surface area contributed by atoms with Crippen LogP contribution in [0.3, 0.4) is 0 Å². The van der Waals surface area contributed by atoms with Gasteiger partial charge in [-0.05, 0) is 12.8 Å². The average Bonchev–Trinajstić information content (AvgIpc) is 2.18. The molecule has 0 aromatic heterocycles. The Balaban J connectivity index is 0. The Bertz CT molecular complexity index is 321. The third-order valence-corrected chi connectivity index (χ3v) is 2.03. The van der Waals surface area contributed by atoms with Crippen LogP contribution in [0.15, 0.2) is 0 Å². The number of hydrogen-bond acceptors (Lipinski definition) is 4. The second kappa shape index (κ2) is 12.0. The van der Waals surface area contributed by atoms with Gasteiger partial charge < -0.3 is 10.2 Å². The summed E-state index contributed by atoms with van der Waals surface area (Å²) in [6.45, 7) is 0. The fourth-order valence-corrected chi connectivity index (χ4v) is 1.26. The van der Waals surface area contributed by atoms with Gasteiger partial charge in [0.2, 0.25) is 0 Å². The standard InChI is InChI=1S/C10H18O4.Cr.2H2O.2O/c11-9(12)7-5-3-1-2-4-6-8-10(13)14;;;;;/h1-8H2,(H,11,12)(H,13,14);;2*1H2;;/q;+2;;;;/p-2. The van der Waals surface area contributed by atoms with Crippen molar-refractivity contribution in [2.24, 2.45) is 0 Å². The Hall–Kier alpha value is -1.01. The molecule has 0 atom stereocenters. The fourth-order valence-electron chi connectivity index (χ4n) is 1.26. The van der Waals surface area contributed by atoms with E-state index < -0.39 is 25.6 Å². The van der Waals surface area contributed by atoms with E-state index in [2.05, 4.69) is 0 Å². The minimum absolute atomic E-state index is 0.245. The van der Waals surface area contributed by atoms with Crippen LogP contribution in [0, 0.1) is 0 Å². The van der Waals surface area contributed by atoms with Crippen LogP contribution in [0.25, 0.3) is 0 Å². The topological polar surface area (TPSA) is 149 Å². The van der Waals surface area contributed by atoms with E-state index in [-0.39, 0.29) is 12.8 Å². The number of unbranched alkanes of at least 4 members (excludes halogenated alkanes) is 5. The molecule has 0 rings (SSSR count). The maximum atomic E-state index is 10.1. The summed E-state index contributed by atoms with van der Waals surface area (Å²) in [5.74, 6) is -1.48. The Labute approximate surface area is 113 Å². The van der Waals surface area contributed by atoms with Crippen molar-refractivity contribution in [1.82, 2.24) is 0 Å². The molecule has 8 nitrogen and oxygen atoms in total. The number of carbonyl (C=O) groups is 2. The molecular formula is C10H20CrO8. The molecule has 0 aliphatic rings. The molecule has 0 aromatic rings. The molecule has 0 aromatic carbocycles. The van der Waals surface area contributed by atoms with Crippen LogP contribution in [0.4, 0.5) is 0 Å². The Morgan fingerprint density at radius 1 is 0.684 bits per heavy atom. The molecule has 4 N–H and O–H groups in total. The van der Waals surface area contributed by atoms with Crippen molar-refractivity contribution in [2.75, 3.05) is 0 Å². The van der Waals surface area contributed by atoms with Crippen LogP contribution in [0.1, 0.15) is 51.4 Å². The van der Waals surface area contributed by atoms with Crippen molar-refractivity contribution in [3.8, 4) is 0 Å². The third-order valence-electron chi connectivity index (χ3n) is 2.03. The van der Waals surface area contributed by atoms with Crippen LogP contribution >= 0.6 is 0 Å². The molecule has 0 saturated carbocycles. The fraction of sp³-hybridized carbons (Fsp3) is 0.800. The van der Waals surface area contributed by atoms with Gasteiger partial charge in [-0.2, -0.15) is 0 Å². The molecule has 114 valence electrons. The molecule has 0 bridgehead atoms. The van der Waals surface area contributed by atoms with Crippen molar-refractivity contribution in [2.45, 2.75) is 51.4 Å². The second-order valence-corrected chi connectivity index (χ2v) is 5.26. The zero-order chi connectivity index (χ0) is 15.3. The molecule has 0 aliphatic carbocycles. The molecule has 0 radical (unpaired) electrons. The predicted molar refractivity (Wildman–Crippen MR) is 58.0 cm³/mol. The van der Waals surface area contributed by atoms with E-state index in [0.717, 1.165) is 38.5 Å². The van der Waals surface area contributed by atoms with E-state index in [1.165, 1.54) is 0 Å². The number of aliphatic carboxylic acids is 2. The average molecular weight is 320 g/mol. The Morgan fingerprint density at radius 3 is 1.11 bits per heavy atom. The number of rotatable bonds is 9. The first-order valence-corrected chi connectivity index (χ1v) is 7.94. The molecule has 9 heteroatoms. The van der Waals surface area contributed by atoms with E-state index in [0.29, 0.717) is 0 Å². The minimum atomic E-state index is -5.25. The van der Waals surface area contributed by atoms with Gasteiger partial charge in [-0.15, -0.1) is 0 Å². The van der Waals surface area contributed by atoms with Crippen molar-refractivity contribution in [3.63, 3.8) is 0 Å². The summed E-state index contributed by atoms with van der Waals surface area (Å²) >= 11 is -5.25. The van der Waals surface area contributed by atoms with Gasteiger partial charge in [0.1, 0.15) is 0 Å². The van der Waals surface area contributed by atoms with Gasteiger partial charge in [0.15, 0.2) is 0 Å². The van der Waals surface area contributed by atoms with E-state index in [9.17, 15) is 9.59 Å². The first-order valence-electron chi connectivity index (χ1n) is 5.76. The number of carboxylic acids is 2. The molecule has 19 heavy (non-hydrogen) atoms. The molecule has 0 saturated heterocycles. The summed E-state index contributed by atoms with van der Waals surface area (Å²) in [7, 11) is 0. The van der Waals surface area contributed by atoms with Crippen molar-refractivity contribution in [3.05, 3.63) is 0 Å². The van der Waals surface area contributed by atoms with Crippen molar-refractivity contribution >= 4 is 11.9 Å². The summed E-state index contributed by atoms with van der Waals surface area (Å²) in [5, 5.41) is 16.7. The predicted octanol–water partition coefficient (Wildman–Crippen LogP) is 0.922. The monoisotopic (exact) mass is 320 g/mol. The maximum absolute atomic E-state index is 10.1. The summed E-state index contributed by atoms with van der Waals surface area (Å²) < 4.78 is 31.9. The molecule has 0 amide bonds. The van der Waals surface area contributed by atoms with Crippen LogP contribution in [0.5, 0.6) is 0 Å². The zero-order valence-electron chi connectivity index (χ0n) is 10.5. The van der Waals surface area contributed by atoms with Gasteiger partial charge in [0, 0.05) is 12.8 Å². The summed E-state index contributed by atoms with van der Waals surface area (Å²) in [6.07, 6.45) is 5.82. The SMILES string of the molecule is O=C(O)CCCCCCCCC(=O)O.[O]=[Cr](=[O])([OH])[OH]. The van der Waals surface area contributed by atoms with E-state index >= 15 is 0 Å². The Kier molecular flexibility index (Phi) is 12.9. The van der Waals surface area contributed by atoms with Crippen LogP contribution < -0.4 is 0 Å². The van der Waals surface area contributed by atoms with Gasteiger partial charge >= 0.3 is 41.5 Å². The van der Waals surface area contributed by atoms with Gasteiger partial charge in [0.05, 0.1) is 0 Å². The van der Waals surface area contributed by atoms with Crippen LogP contribution in [-0.2, 0) is 30.8 Å². The molecule has 0 unspecified atom stereocenters. The number of carboxylic acid groups (broad SMARTS) is 2. The molecule has 0 aliphatic heterocycles. The normalized spacial score (nSPS) is 10.4. The van der Waals surface area contributed by atoms with Gasteiger partial charge in [-0.25, -0.2) is 0 Å². The Morgan fingerprint density at radius 2 is 0.895 bits per heavy atom. The van der Waals surface area contributed by atoms with Gasteiger partial charge in [-0.1, -0.05) is 25.7 Å². The quantitative estimate of drug-likeness (QED) is 0.458. The summed E-state index contributed by atoms with van der Waals surface area (Å²) in [6, 6.07) is 0. The molecule has 0 spiro atoms. The van der Waals surface area contributed by atoms with E-state index in [1.54, 1.807) is 0 Å². The van der Waals surface area contributed by atoms with Crippen LogP contribution in [0.2, 0.25) is 0 Å².